The summed E-state index contributed by atoms with van der Waals surface area (Å²) in [6, 6.07) is 17.3. The van der Waals surface area contributed by atoms with Crippen molar-refractivity contribution in [3.05, 3.63) is 118 Å². The van der Waals surface area contributed by atoms with Gasteiger partial charge in [-0.25, -0.2) is 18.1 Å². The van der Waals surface area contributed by atoms with Gasteiger partial charge in [0.05, 0.1) is 21.6 Å². The molecule has 0 saturated carbocycles. The van der Waals surface area contributed by atoms with Gasteiger partial charge in [0.2, 0.25) is 0 Å². The van der Waals surface area contributed by atoms with Crippen LogP contribution in [0.5, 0.6) is 11.5 Å². The standard InChI is InChI=1S/C41H43N7O7S/c49-41(46-56(52,53)34-8-10-36(38(24-34)48(50)51)44-25-27-14-20-54-21-15-27)35-9-5-30(23-39(35)55-33-22-31-13-18-43-40(31)45-26-33)28-3-6-32(7-4-28)47-19-1-2-37(47)29-11-16-42-17-12-29/h3,5,8-13,16-18,22-24,26-27,32,37,44H,1-2,4,6-7,14-15,19-21,25H2,(H,43,45)(H,46,49). The number of likely N-dealkylation sites (tertiary alicyclic amines) is 1. The summed E-state index contributed by atoms with van der Waals surface area (Å²) in [4.78, 5) is 39.1. The number of hydrogen-bond donors (Lipinski definition) is 3. The molecule has 5 aromatic rings. The molecule has 3 aromatic heterocycles. The lowest BCUT2D eigenvalue weighted by Crippen LogP contribution is -2.35. The fraction of sp³-hybridized carbons (Fsp3) is 0.341. The highest BCUT2D eigenvalue weighted by Crippen LogP contribution is 2.40. The number of anilines is 1. The first-order valence-corrected chi connectivity index (χ1v) is 20.5. The average Bonchev–Trinajstić information content (AvgIpc) is 3.91. The van der Waals surface area contributed by atoms with Crippen molar-refractivity contribution in [3.63, 3.8) is 0 Å². The van der Waals surface area contributed by atoms with E-state index in [1.165, 1.54) is 23.9 Å². The molecule has 2 fully saturated rings. The molecule has 2 saturated heterocycles. The number of pyridine rings is 2. The van der Waals surface area contributed by atoms with Gasteiger partial charge in [-0.15, -0.1) is 0 Å². The zero-order valence-electron chi connectivity index (χ0n) is 30.7. The lowest BCUT2D eigenvalue weighted by molar-refractivity contribution is -0.384. The molecule has 1 aliphatic carbocycles. The van der Waals surface area contributed by atoms with E-state index in [2.05, 4.69) is 48.1 Å². The van der Waals surface area contributed by atoms with E-state index in [4.69, 9.17) is 9.47 Å². The lowest BCUT2D eigenvalue weighted by Gasteiger charge is -2.35. The van der Waals surface area contributed by atoms with E-state index in [-0.39, 0.29) is 22.9 Å². The first-order chi connectivity index (χ1) is 27.2. The van der Waals surface area contributed by atoms with Crippen LogP contribution in [0.2, 0.25) is 0 Å². The molecule has 15 heteroatoms. The Bertz CT molecular complexity index is 2380. The predicted molar refractivity (Wildman–Crippen MR) is 211 cm³/mol. The molecule has 5 heterocycles. The number of aromatic nitrogens is 3. The van der Waals surface area contributed by atoms with Crippen molar-refractivity contribution in [1.29, 1.82) is 0 Å². The second-order valence-corrected chi connectivity index (χ2v) is 16.2. The minimum absolute atomic E-state index is 0.0257. The van der Waals surface area contributed by atoms with Gasteiger partial charge in [0.15, 0.2) is 0 Å². The zero-order chi connectivity index (χ0) is 38.6. The molecule has 3 aliphatic rings. The normalized spacial score (nSPS) is 19.4. The molecular weight excluding hydrogens is 735 g/mol. The molecule has 0 bridgehead atoms. The minimum Gasteiger partial charge on any atom is -0.455 e. The number of carbonyl (C=O) groups is 1. The Morgan fingerprint density at radius 3 is 2.66 bits per heavy atom. The van der Waals surface area contributed by atoms with Crippen molar-refractivity contribution in [3.8, 4) is 11.5 Å². The summed E-state index contributed by atoms with van der Waals surface area (Å²) in [5.74, 6) is -0.160. The number of hydrogen-bond acceptors (Lipinski definition) is 11. The van der Waals surface area contributed by atoms with Crippen LogP contribution in [0.3, 0.4) is 0 Å². The third-order valence-corrected chi connectivity index (χ3v) is 12.4. The maximum absolute atomic E-state index is 13.8. The van der Waals surface area contributed by atoms with Gasteiger partial charge in [-0.1, -0.05) is 12.1 Å². The number of nitro benzene ring substituents is 1. The van der Waals surface area contributed by atoms with Crippen molar-refractivity contribution in [2.45, 2.75) is 61.9 Å². The number of amides is 1. The molecular formula is C41H43N7O7S. The Hall–Kier alpha value is -5.64. The molecule has 8 rings (SSSR count). The smallest absolute Gasteiger partial charge is 0.293 e. The first kappa shape index (κ1) is 37.3. The Morgan fingerprint density at radius 1 is 1.04 bits per heavy atom. The molecule has 0 radical (unpaired) electrons. The first-order valence-electron chi connectivity index (χ1n) is 19.0. The number of fused-ring (bicyclic) bond motifs is 1. The van der Waals surface area contributed by atoms with Gasteiger partial charge in [0.1, 0.15) is 22.8 Å². The highest BCUT2D eigenvalue weighted by molar-refractivity contribution is 7.90. The van der Waals surface area contributed by atoms with Crippen LogP contribution in [0, 0.1) is 16.0 Å². The Balaban J connectivity index is 1.03. The molecule has 3 N–H and O–H groups in total. The van der Waals surface area contributed by atoms with E-state index in [0.29, 0.717) is 43.2 Å². The summed E-state index contributed by atoms with van der Waals surface area (Å²) in [5.41, 5.74) is 3.70. The van der Waals surface area contributed by atoms with Crippen molar-refractivity contribution in [1.82, 2.24) is 24.6 Å². The van der Waals surface area contributed by atoms with E-state index in [1.54, 1.807) is 30.5 Å². The van der Waals surface area contributed by atoms with Gasteiger partial charge >= 0.3 is 0 Å². The molecule has 2 atom stereocenters. The van der Waals surface area contributed by atoms with Crippen LogP contribution < -0.4 is 14.8 Å². The van der Waals surface area contributed by atoms with E-state index in [0.717, 1.165) is 74.1 Å². The van der Waals surface area contributed by atoms with Crippen LogP contribution in [0.4, 0.5) is 11.4 Å². The van der Waals surface area contributed by atoms with Gasteiger partial charge in [0.25, 0.3) is 21.6 Å². The summed E-state index contributed by atoms with van der Waals surface area (Å²) in [7, 11) is -4.54. The highest BCUT2D eigenvalue weighted by Gasteiger charge is 2.33. The summed E-state index contributed by atoms with van der Waals surface area (Å²) in [6.07, 6.45) is 15.8. The molecule has 14 nitrogen and oxygen atoms in total. The van der Waals surface area contributed by atoms with Crippen molar-refractivity contribution >= 4 is 43.9 Å². The van der Waals surface area contributed by atoms with Crippen molar-refractivity contribution in [2.75, 3.05) is 31.6 Å². The van der Waals surface area contributed by atoms with Gasteiger partial charge in [-0.05, 0) is 123 Å². The molecule has 290 valence electrons. The quantitative estimate of drug-likeness (QED) is 0.0849. The Labute approximate surface area is 324 Å². The summed E-state index contributed by atoms with van der Waals surface area (Å²) in [6.45, 7) is 2.80. The zero-order valence-corrected chi connectivity index (χ0v) is 31.5. The molecule has 2 unspecified atom stereocenters. The Morgan fingerprint density at radius 2 is 1.88 bits per heavy atom. The van der Waals surface area contributed by atoms with Gasteiger partial charge < -0.3 is 19.8 Å². The van der Waals surface area contributed by atoms with Gasteiger partial charge in [0, 0.05) is 61.9 Å². The fourth-order valence-corrected chi connectivity index (χ4v) is 9.06. The number of rotatable bonds is 12. The summed E-state index contributed by atoms with van der Waals surface area (Å²) >= 11 is 0. The predicted octanol–water partition coefficient (Wildman–Crippen LogP) is 7.39. The monoisotopic (exact) mass is 777 g/mol. The molecule has 1 amide bonds. The molecule has 0 spiro atoms. The number of allylic oxidation sites excluding steroid dienone is 1. The van der Waals surface area contributed by atoms with Gasteiger partial charge in [-0.3, -0.25) is 24.8 Å². The largest absolute Gasteiger partial charge is 0.455 e. The fourth-order valence-electron chi connectivity index (χ4n) is 8.07. The van der Waals surface area contributed by atoms with Crippen molar-refractivity contribution in [2.24, 2.45) is 5.92 Å². The number of benzene rings is 2. The van der Waals surface area contributed by atoms with E-state index < -0.39 is 31.4 Å². The lowest BCUT2D eigenvalue weighted by atomic mass is 9.88. The number of nitrogens with zero attached hydrogens (tertiary/aromatic N) is 4. The summed E-state index contributed by atoms with van der Waals surface area (Å²) in [5, 5.41) is 15.9. The van der Waals surface area contributed by atoms with E-state index in [1.807, 2.05) is 18.5 Å². The second-order valence-electron chi connectivity index (χ2n) is 14.5. The number of nitro groups is 1. The SMILES string of the molecule is O=C(NS(=O)(=O)c1ccc(NCC2CCOCC2)c([N+](=O)[O-])c1)c1ccc(C2=CCC(N3CCCC3c3ccncc3)CC2)cc1Oc1cnc2[nH]ccc2c1. The van der Waals surface area contributed by atoms with E-state index >= 15 is 0 Å². The second kappa shape index (κ2) is 16.2. The number of sulfonamides is 1. The van der Waals surface area contributed by atoms with Crippen LogP contribution in [-0.4, -0.2) is 71.4 Å². The minimum atomic E-state index is -4.54. The third kappa shape index (κ3) is 8.15. The van der Waals surface area contributed by atoms with Crippen LogP contribution >= 0.6 is 0 Å². The number of H-pyrrole nitrogens is 1. The summed E-state index contributed by atoms with van der Waals surface area (Å²) < 4.78 is 41.0. The van der Waals surface area contributed by atoms with Crippen LogP contribution in [-0.2, 0) is 14.8 Å². The number of carbonyl (C=O) groups excluding carboxylic acids is 1. The van der Waals surface area contributed by atoms with Crippen molar-refractivity contribution < 1.29 is 27.6 Å². The van der Waals surface area contributed by atoms with Crippen LogP contribution in [0.15, 0.2) is 96.4 Å². The molecule has 56 heavy (non-hydrogen) atoms. The van der Waals surface area contributed by atoms with Crippen LogP contribution in [0.1, 0.15) is 72.5 Å². The average molecular weight is 778 g/mol. The molecule has 2 aromatic carbocycles. The number of aromatic amines is 1. The topological polar surface area (TPSA) is 182 Å². The van der Waals surface area contributed by atoms with Gasteiger partial charge in [-0.2, -0.15) is 0 Å². The maximum atomic E-state index is 13.8. The highest BCUT2D eigenvalue weighted by atomic mass is 32.2. The third-order valence-electron chi connectivity index (χ3n) is 11.1. The number of ether oxygens (including phenoxy) is 2. The maximum Gasteiger partial charge on any atom is 0.293 e. The number of nitrogens with one attached hydrogen (secondary N) is 3. The van der Waals surface area contributed by atoms with Crippen LogP contribution in [0.25, 0.3) is 16.6 Å². The van der Waals surface area contributed by atoms with E-state index in [9.17, 15) is 23.3 Å². The Kier molecular flexibility index (Phi) is 10.8. The molecule has 2 aliphatic heterocycles.